The van der Waals surface area contributed by atoms with Gasteiger partial charge in [-0.05, 0) is 86.6 Å². The molecule has 0 spiro atoms. The number of carbonyl (C=O) groups is 11. The quantitative estimate of drug-likeness (QED) is 0.0410. The molecule has 15 N–H and O–H groups in total. The Bertz CT molecular complexity index is 2120. The van der Waals surface area contributed by atoms with Crippen molar-refractivity contribution in [3.8, 4) is 0 Å². The lowest BCUT2D eigenvalue weighted by atomic mass is 9.95. The Morgan fingerprint density at radius 2 is 0.857 bits per heavy atom. The van der Waals surface area contributed by atoms with Gasteiger partial charge in [0, 0.05) is 19.3 Å². The van der Waals surface area contributed by atoms with E-state index in [1.807, 2.05) is 13.8 Å². The van der Waals surface area contributed by atoms with Gasteiger partial charge < -0.3 is 69.3 Å². The summed E-state index contributed by atoms with van der Waals surface area (Å²) in [5.74, 6) is -12.1. The Morgan fingerprint density at radius 1 is 0.468 bits per heavy atom. The molecule has 0 radical (unpaired) electrons. The molecule has 8 amide bonds. The molecule has 0 aliphatic carbocycles. The van der Waals surface area contributed by atoms with Crippen LogP contribution in [0.1, 0.15) is 139 Å². The maximum absolute atomic E-state index is 14.3. The van der Waals surface area contributed by atoms with E-state index >= 15 is 0 Å². The van der Waals surface area contributed by atoms with Crippen molar-refractivity contribution in [2.75, 3.05) is 6.54 Å². The largest absolute Gasteiger partial charge is 0.481 e. The summed E-state index contributed by atoms with van der Waals surface area (Å²) in [6, 6.07) is -2.93. The number of benzene rings is 1. The molecule has 0 saturated carbocycles. The summed E-state index contributed by atoms with van der Waals surface area (Å²) < 4.78 is 0. The van der Waals surface area contributed by atoms with E-state index in [9.17, 15) is 63.0 Å². The van der Waals surface area contributed by atoms with Crippen molar-refractivity contribution in [2.24, 2.45) is 41.1 Å². The van der Waals surface area contributed by atoms with E-state index in [0.29, 0.717) is 24.8 Å². The third kappa shape index (κ3) is 25.8. The molecule has 1 aromatic rings. The van der Waals surface area contributed by atoms with Crippen LogP contribution in [0.15, 0.2) is 30.3 Å². The summed E-state index contributed by atoms with van der Waals surface area (Å²) >= 11 is 0. The van der Waals surface area contributed by atoms with E-state index in [1.165, 1.54) is 0 Å². The SMILES string of the molecule is CC[C@H](C)[C@H](NC(=O)[C@H](CC(C)C)NC(=O)[C@H](CCCCN)NC(=O)[C@H](CCC(=O)O)NC(=O)[C@@H](N)CCC(=O)O)C(=O)N[C@H](C(=O)N[C@H](C(=O)N[C@@H](CC(C)C)C(=O)N[C@@H](Cc1ccccc1)C(=O)O)C(C)C)C(C)C. The normalized spacial score (nSPS) is 15.3. The summed E-state index contributed by atoms with van der Waals surface area (Å²) in [5, 5.41) is 49.4. The van der Waals surface area contributed by atoms with Gasteiger partial charge in [0.05, 0.1) is 6.04 Å². The van der Waals surface area contributed by atoms with Gasteiger partial charge in [-0.25, -0.2) is 4.79 Å². The monoisotopic (exact) mass is 1090 g/mol. The number of hydrogen-bond acceptors (Lipinski definition) is 13. The molecule has 24 nitrogen and oxygen atoms in total. The number of aliphatic carboxylic acids is 3. The van der Waals surface area contributed by atoms with Crippen molar-refractivity contribution in [1.29, 1.82) is 0 Å². The minimum absolute atomic E-state index is 0.00536. The zero-order valence-electron chi connectivity index (χ0n) is 46.4. The standard InChI is InChI=1S/C53H88N10O14/c1-11-32(10)44(63-49(72)38(26-29(4)5)58-46(69)35(19-15-16-24-54)57-47(70)36(21-23-41(66)67)56-45(68)34(55)20-22-40(64)65)52(75)62-43(31(8)9)51(74)61-42(30(6)7)50(73)59-37(25-28(2)3)48(71)60-39(53(76)77)27-33-17-13-12-14-18-33/h12-14,17-18,28-32,34-39,42-44H,11,15-16,19-27,54-55H2,1-10H3,(H,56,68)(H,57,70)(H,58,69)(H,59,73)(H,60,71)(H,61,74)(H,62,75)(H,63,72)(H,64,65)(H,66,67)(H,76,77)/t32-,34-,35-,36-,37-,38-,39-,42-,43-,44-/m0/s1. The van der Waals surface area contributed by atoms with Gasteiger partial charge in [0.2, 0.25) is 47.3 Å². The topological polar surface area (TPSA) is 397 Å². The second-order valence-corrected chi connectivity index (χ2v) is 21.2. The summed E-state index contributed by atoms with van der Waals surface area (Å²) in [5.41, 5.74) is 12.2. The molecule has 1 aromatic carbocycles. The van der Waals surface area contributed by atoms with Crippen molar-refractivity contribution < 1.29 is 68.1 Å². The third-order valence-corrected chi connectivity index (χ3v) is 12.7. The van der Waals surface area contributed by atoms with Crippen LogP contribution in [0.3, 0.4) is 0 Å². The smallest absolute Gasteiger partial charge is 0.326 e. The van der Waals surface area contributed by atoms with Gasteiger partial charge in [-0.3, -0.25) is 47.9 Å². The fraction of sp³-hybridized carbons (Fsp3) is 0.679. The first-order valence-corrected chi connectivity index (χ1v) is 26.6. The molecule has 0 heterocycles. The number of rotatable bonds is 37. The highest BCUT2D eigenvalue weighted by Crippen LogP contribution is 2.16. The molecule has 0 aliphatic heterocycles. The Balaban J connectivity index is 3.42. The summed E-state index contributed by atoms with van der Waals surface area (Å²) in [6.45, 7) is 17.6. The third-order valence-electron chi connectivity index (χ3n) is 12.7. The molecule has 77 heavy (non-hydrogen) atoms. The maximum Gasteiger partial charge on any atom is 0.326 e. The number of carboxylic acids is 3. The van der Waals surface area contributed by atoms with Gasteiger partial charge in [0.15, 0.2) is 0 Å². The van der Waals surface area contributed by atoms with Crippen LogP contribution >= 0.6 is 0 Å². The van der Waals surface area contributed by atoms with Crippen LogP contribution in [-0.2, 0) is 59.2 Å². The second-order valence-electron chi connectivity index (χ2n) is 21.2. The first kappa shape index (κ1) is 68.3. The van der Waals surface area contributed by atoms with E-state index in [0.717, 1.165) is 0 Å². The number of unbranched alkanes of at least 4 members (excludes halogenated alkanes) is 1. The number of nitrogens with one attached hydrogen (secondary N) is 8. The molecular weight excluding hydrogens is 1000 g/mol. The minimum Gasteiger partial charge on any atom is -0.481 e. The molecule has 0 unspecified atom stereocenters. The van der Waals surface area contributed by atoms with E-state index in [-0.39, 0.29) is 50.5 Å². The molecule has 1 rings (SSSR count). The highest BCUT2D eigenvalue weighted by molar-refractivity contribution is 5.98. The molecule has 0 bridgehead atoms. The number of amides is 8. The molecular formula is C53H88N10O14. The number of carboxylic acid groups (broad SMARTS) is 3. The van der Waals surface area contributed by atoms with Crippen molar-refractivity contribution in [1.82, 2.24) is 42.5 Å². The molecule has 0 aliphatic rings. The lowest BCUT2D eigenvalue weighted by Crippen LogP contribution is -2.62. The van der Waals surface area contributed by atoms with Crippen LogP contribution in [0.25, 0.3) is 0 Å². The van der Waals surface area contributed by atoms with Gasteiger partial charge in [0.1, 0.15) is 48.3 Å². The minimum atomic E-state index is -1.50. The predicted octanol–water partition coefficient (Wildman–Crippen LogP) is 0.828. The second kappa shape index (κ2) is 34.9. The number of carbonyl (C=O) groups excluding carboxylic acids is 8. The van der Waals surface area contributed by atoms with Crippen LogP contribution < -0.4 is 54.0 Å². The summed E-state index contributed by atoms with van der Waals surface area (Å²) in [4.78, 5) is 146. The highest BCUT2D eigenvalue weighted by Gasteiger charge is 2.38. The molecule has 0 fully saturated rings. The van der Waals surface area contributed by atoms with Gasteiger partial charge in [0.25, 0.3) is 0 Å². The molecule has 0 aromatic heterocycles. The lowest BCUT2D eigenvalue weighted by molar-refractivity contribution is -0.142. The molecule has 0 saturated heterocycles. The van der Waals surface area contributed by atoms with Crippen molar-refractivity contribution >= 4 is 65.2 Å². The van der Waals surface area contributed by atoms with Crippen LogP contribution in [0.4, 0.5) is 0 Å². The van der Waals surface area contributed by atoms with Crippen LogP contribution in [0, 0.1) is 29.6 Å². The number of hydrogen-bond donors (Lipinski definition) is 13. The zero-order chi connectivity index (χ0) is 58.7. The predicted molar refractivity (Wildman–Crippen MR) is 286 cm³/mol. The van der Waals surface area contributed by atoms with Crippen LogP contribution in [-0.4, -0.2) is 141 Å². The first-order valence-electron chi connectivity index (χ1n) is 26.6. The Hall–Kier alpha value is -6.69. The average molecular weight is 1090 g/mol. The zero-order valence-corrected chi connectivity index (χ0v) is 46.4. The molecule has 24 heteroatoms. The fourth-order valence-corrected chi connectivity index (χ4v) is 8.03. The summed E-state index contributed by atoms with van der Waals surface area (Å²) in [7, 11) is 0. The Kier molecular flexibility index (Phi) is 30.9. The lowest BCUT2D eigenvalue weighted by Gasteiger charge is -2.31. The summed E-state index contributed by atoms with van der Waals surface area (Å²) in [6.07, 6.45) is -0.362. The van der Waals surface area contributed by atoms with Gasteiger partial charge in [-0.1, -0.05) is 106 Å². The fourth-order valence-electron chi connectivity index (χ4n) is 8.03. The van der Waals surface area contributed by atoms with Gasteiger partial charge >= 0.3 is 17.9 Å². The van der Waals surface area contributed by atoms with E-state index in [4.69, 9.17) is 16.6 Å². The van der Waals surface area contributed by atoms with E-state index in [2.05, 4.69) is 42.5 Å². The Morgan fingerprint density at radius 3 is 1.31 bits per heavy atom. The molecule has 10 atom stereocenters. The Labute approximate surface area is 452 Å². The van der Waals surface area contributed by atoms with Gasteiger partial charge in [-0.2, -0.15) is 0 Å². The van der Waals surface area contributed by atoms with E-state index < -0.39 is 157 Å². The van der Waals surface area contributed by atoms with Crippen molar-refractivity contribution in [3.05, 3.63) is 35.9 Å². The van der Waals surface area contributed by atoms with E-state index in [1.54, 1.807) is 85.7 Å². The van der Waals surface area contributed by atoms with Gasteiger partial charge in [-0.15, -0.1) is 0 Å². The number of nitrogens with two attached hydrogens (primary N) is 2. The van der Waals surface area contributed by atoms with Crippen molar-refractivity contribution in [2.45, 2.75) is 194 Å². The average Bonchev–Trinajstić information content (AvgIpc) is 3.34. The molecule has 434 valence electrons. The van der Waals surface area contributed by atoms with Crippen LogP contribution in [0.2, 0.25) is 0 Å². The maximum atomic E-state index is 14.3. The first-order chi connectivity index (χ1) is 36.0. The van der Waals surface area contributed by atoms with Crippen LogP contribution in [0.5, 0.6) is 0 Å². The highest BCUT2D eigenvalue weighted by atomic mass is 16.4. The van der Waals surface area contributed by atoms with Crippen molar-refractivity contribution in [3.63, 3.8) is 0 Å².